The molecule has 0 saturated carbocycles. The number of halogens is 2. The van der Waals surface area contributed by atoms with E-state index in [1.807, 2.05) is 21.9 Å². The summed E-state index contributed by atoms with van der Waals surface area (Å²) in [6, 6.07) is 3.79. The van der Waals surface area contributed by atoms with Crippen LogP contribution in [-0.2, 0) is 9.53 Å². The molecule has 3 aliphatic heterocycles. The molecular weight excluding hydrogens is 417 g/mol. The maximum absolute atomic E-state index is 13.3. The van der Waals surface area contributed by atoms with Crippen LogP contribution in [-0.4, -0.2) is 91.7 Å². The van der Waals surface area contributed by atoms with Gasteiger partial charge in [0.2, 0.25) is 5.91 Å². The van der Waals surface area contributed by atoms with Crippen molar-refractivity contribution in [1.29, 1.82) is 0 Å². The number of rotatable bonds is 3. The number of nitrogens with zero attached hydrogens (tertiary/aromatic N) is 4. The standard InChI is InChI=1S/C19H27N5O3.2ClH/c25-17-13-20-6-8-24(17)15-3-2-7-23(14-15)19(26)16-4-1-5-21-18(16)22-9-11-27-12-10-22;;/h1,4-5,15,20H,2-3,6-14H2;2*1H. The molecular formula is C19H29Cl2N5O3. The lowest BCUT2D eigenvalue weighted by Crippen LogP contribution is -2.57. The lowest BCUT2D eigenvalue weighted by Gasteiger charge is -2.41. The van der Waals surface area contributed by atoms with Crippen molar-refractivity contribution < 1.29 is 14.3 Å². The van der Waals surface area contributed by atoms with Crippen LogP contribution in [0.2, 0.25) is 0 Å². The maximum atomic E-state index is 13.3. The molecule has 4 rings (SSSR count). The third-order valence-corrected chi connectivity index (χ3v) is 5.58. The number of hydrogen-bond acceptors (Lipinski definition) is 6. The molecule has 10 heteroatoms. The van der Waals surface area contributed by atoms with Gasteiger partial charge in [-0.1, -0.05) is 0 Å². The number of anilines is 1. The number of hydrogen-bond donors (Lipinski definition) is 1. The zero-order valence-corrected chi connectivity index (χ0v) is 18.1. The van der Waals surface area contributed by atoms with Crippen LogP contribution < -0.4 is 10.2 Å². The fourth-order valence-corrected chi connectivity index (χ4v) is 4.16. The van der Waals surface area contributed by atoms with Gasteiger partial charge in [0.15, 0.2) is 0 Å². The minimum atomic E-state index is 0. The number of aromatic nitrogens is 1. The lowest BCUT2D eigenvalue weighted by molar-refractivity contribution is -0.135. The maximum Gasteiger partial charge on any atom is 0.257 e. The van der Waals surface area contributed by atoms with Crippen LogP contribution in [0, 0.1) is 0 Å². The first-order valence-corrected chi connectivity index (χ1v) is 9.81. The molecule has 0 spiro atoms. The SMILES string of the molecule is Cl.Cl.O=C(c1cccnc1N1CCOCC1)N1CCCC(N2CCNCC2=O)C1. The summed E-state index contributed by atoms with van der Waals surface area (Å²) in [5.74, 6) is 0.888. The fraction of sp³-hybridized carbons (Fsp3) is 0.632. The summed E-state index contributed by atoms with van der Waals surface area (Å²) in [6.07, 6.45) is 3.61. The number of pyridine rings is 1. The van der Waals surface area contributed by atoms with Crippen molar-refractivity contribution in [2.75, 3.05) is 63.9 Å². The predicted octanol–water partition coefficient (Wildman–Crippen LogP) is 0.798. The average Bonchev–Trinajstić information content (AvgIpc) is 2.74. The van der Waals surface area contributed by atoms with Crippen LogP contribution >= 0.6 is 24.8 Å². The first-order valence-electron chi connectivity index (χ1n) is 9.81. The molecule has 1 unspecified atom stereocenters. The Bertz CT molecular complexity index is 702. The van der Waals surface area contributed by atoms with E-state index >= 15 is 0 Å². The Morgan fingerprint density at radius 3 is 2.72 bits per heavy atom. The quantitative estimate of drug-likeness (QED) is 0.740. The molecule has 0 radical (unpaired) electrons. The van der Waals surface area contributed by atoms with Crippen molar-refractivity contribution in [2.45, 2.75) is 18.9 Å². The van der Waals surface area contributed by atoms with Crippen LogP contribution in [0.4, 0.5) is 5.82 Å². The fourth-order valence-electron chi connectivity index (χ4n) is 4.16. The number of carbonyl (C=O) groups excluding carboxylic acids is 2. The predicted molar refractivity (Wildman–Crippen MR) is 115 cm³/mol. The monoisotopic (exact) mass is 445 g/mol. The first kappa shape index (κ1) is 23.7. The number of likely N-dealkylation sites (tertiary alicyclic amines) is 1. The number of morpholine rings is 1. The van der Waals surface area contributed by atoms with Gasteiger partial charge in [-0.15, -0.1) is 24.8 Å². The molecule has 8 nitrogen and oxygen atoms in total. The summed E-state index contributed by atoms with van der Waals surface area (Å²) in [4.78, 5) is 36.0. The molecule has 162 valence electrons. The molecule has 1 aromatic heterocycles. The molecule has 1 atom stereocenters. The lowest BCUT2D eigenvalue weighted by atomic mass is 10.0. The number of carbonyl (C=O) groups is 2. The van der Waals surface area contributed by atoms with Crippen LogP contribution in [0.1, 0.15) is 23.2 Å². The summed E-state index contributed by atoms with van der Waals surface area (Å²) in [5, 5.41) is 3.11. The van der Waals surface area contributed by atoms with Crippen molar-refractivity contribution in [2.24, 2.45) is 0 Å². The van der Waals surface area contributed by atoms with Gasteiger partial charge >= 0.3 is 0 Å². The van der Waals surface area contributed by atoms with Gasteiger partial charge in [0.1, 0.15) is 5.82 Å². The third-order valence-electron chi connectivity index (χ3n) is 5.58. The molecule has 0 bridgehead atoms. The molecule has 3 saturated heterocycles. The number of piperidine rings is 1. The summed E-state index contributed by atoms with van der Waals surface area (Å²) in [7, 11) is 0. The highest BCUT2D eigenvalue weighted by molar-refractivity contribution is 5.99. The van der Waals surface area contributed by atoms with Crippen molar-refractivity contribution in [1.82, 2.24) is 20.1 Å². The molecule has 3 fully saturated rings. The zero-order chi connectivity index (χ0) is 18.6. The topological polar surface area (TPSA) is 78.0 Å². The van der Waals surface area contributed by atoms with E-state index < -0.39 is 0 Å². The van der Waals surface area contributed by atoms with Gasteiger partial charge in [0.05, 0.1) is 25.3 Å². The molecule has 1 N–H and O–H groups in total. The molecule has 29 heavy (non-hydrogen) atoms. The van der Waals surface area contributed by atoms with E-state index in [9.17, 15) is 9.59 Å². The molecule has 4 heterocycles. The molecule has 0 aliphatic carbocycles. The van der Waals surface area contributed by atoms with Gasteiger partial charge in [-0.3, -0.25) is 9.59 Å². The molecule has 1 aromatic rings. The van der Waals surface area contributed by atoms with E-state index in [1.54, 1.807) is 6.20 Å². The Morgan fingerprint density at radius 2 is 1.97 bits per heavy atom. The summed E-state index contributed by atoms with van der Waals surface area (Å²) >= 11 is 0. The number of amides is 2. The van der Waals surface area contributed by atoms with E-state index in [1.165, 1.54) is 0 Å². The largest absolute Gasteiger partial charge is 0.378 e. The van der Waals surface area contributed by atoms with Gasteiger partial charge in [-0.2, -0.15) is 0 Å². The second kappa shape index (κ2) is 11.0. The van der Waals surface area contributed by atoms with Crippen LogP contribution in [0.25, 0.3) is 0 Å². The van der Waals surface area contributed by atoms with Gasteiger partial charge in [0.25, 0.3) is 5.91 Å². The van der Waals surface area contributed by atoms with E-state index in [2.05, 4.69) is 15.2 Å². The Labute approximate surface area is 183 Å². The number of piperazine rings is 1. The smallest absolute Gasteiger partial charge is 0.257 e. The van der Waals surface area contributed by atoms with Crippen molar-refractivity contribution in [3.05, 3.63) is 23.9 Å². The summed E-state index contributed by atoms with van der Waals surface area (Å²) < 4.78 is 5.42. The van der Waals surface area contributed by atoms with E-state index in [0.29, 0.717) is 31.9 Å². The van der Waals surface area contributed by atoms with Gasteiger partial charge < -0.3 is 24.8 Å². The van der Waals surface area contributed by atoms with Crippen LogP contribution in [0.3, 0.4) is 0 Å². The van der Waals surface area contributed by atoms with Gasteiger partial charge in [-0.05, 0) is 25.0 Å². The van der Waals surface area contributed by atoms with E-state index in [4.69, 9.17) is 4.74 Å². The molecule has 0 aromatic carbocycles. The van der Waals surface area contributed by atoms with Crippen molar-refractivity contribution in [3.8, 4) is 0 Å². The third kappa shape index (κ3) is 5.31. The minimum Gasteiger partial charge on any atom is -0.378 e. The molecule has 3 aliphatic rings. The summed E-state index contributed by atoms with van der Waals surface area (Å²) in [6.45, 7) is 6.06. The Balaban J connectivity index is 0.00000150. The van der Waals surface area contributed by atoms with Gasteiger partial charge in [0, 0.05) is 51.5 Å². The number of nitrogens with one attached hydrogen (secondary N) is 1. The summed E-state index contributed by atoms with van der Waals surface area (Å²) in [5.41, 5.74) is 0.645. The van der Waals surface area contributed by atoms with Gasteiger partial charge in [-0.25, -0.2) is 4.98 Å². The Kier molecular flexibility index (Phi) is 8.95. The first-order chi connectivity index (χ1) is 13.2. The highest BCUT2D eigenvalue weighted by Crippen LogP contribution is 2.24. The number of ether oxygens (including phenoxy) is 1. The molecule has 2 amide bonds. The van der Waals surface area contributed by atoms with E-state index in [-0.39, 0.29) is 42.7 Å². The Hall–Kier alpha value is -1.61. The second-order valence-corrected chi connectivity index (χ2v) is 7.29. The minimum absolute atomic E-state index is 0. The van der Waals surface area contributed by atoms with Crippen LogP contribution in [0.5, 0.6) is 0 Å². The van der Waals surface area contributed by atoms with E-state index in [0.717, 1.165) is 51.4 Å². The highest BCUT2D eigenvalue weighted by Gasteiger charge is 2.33. The van der Waals surface area contributed by atoms with Crippen molar-refractivity contribution in [3.63, 3.8) is 0 Å². The normalized spacial score (nSPS) is 22.6. The second-order valence-electron chi connectivity index (χ2n) is 7.29. The van der Waals surface area contributed by atoms with Crippen LogP contribution in [0.15, 0.2) is 18.3 Å². The average molecular weight is 446 g/mol. The highest BCUT2D eigenvalue weighted by atomic mass is 35.5. The van der Waals surface area contributed by atoms with Crippen molar-refractivity contribution >= 4 is 42.4 Å². The zero-order valence-electron chi connectivity index (χ0n) is 16.4. The Morgan fingerprint density at radius 1 is 1.17 bits per heavy atom.